The van der Waals surface area contributed by atoms with E-state index in [0.717, 1.165) is 21.6 Å². The fourth-order valence-electron chi connectivity index (χ4n) is 2.34. The van der Waals surface area contributed by atoms with Gasteiger partial charge in [0.25, 0.3) is 0 Å². The van der Waals surface area contributed by atoms with E-state index in [2.05, 4.69) is 0 Å². The van der Waals surface area contributed by atoms with Crippen molar-refractivity contribution in [3.05, 3.63) is 54.1 Å². The number of hydrogen-bond donors (Lipinski definition) is 0. The van der Waals surface area contributed by atoms with Gasteiger partial charge in [-0.2, -0.15) is 0 Å². The number of fused-ring (bicyclic) bond motifs is 3. The van der Waals surface area contributed by atoms with Crippen molar-refractivity contribution < 1.29 is 39.5 Å². The molecule has 2 aromatic carbocycles. The minimum atomic E-state index is -1.05. The maximum atomic E-state index is 11.5. The van der Waals surface area contributed by atoms with Gasteiger partial charge in [0.15, 0.2) is 0 Å². The Morgan fingerprint density at radius 1 is 1.05 bits per heavy atom. The van der Waals surface area contributed by atoms with Gasteiger partial charge in [-0.25, -0.2) is 0 Å². The molecule has 0 bridgehead atoms. The van der Waals surface area contributed by atoms with E-state index in [1.165, 1.54) is 11.8 Å². The van der Waals surface area contributed by atoms with Crippen LogP contribution in [0, 0.1) is 0 Å². The second-order valence-corrected chi connectivity index (χ2v) is 5.92. The molecular formula is C15H11NaO2S. The monoisotopic (exact) mass is 278 g/mol. The fraction of sp³-hybridized carbons (Fsp3) is 0.133. The molecule has 4 heteroatoms. The van der Waals surface area contributed by atoms with Crippen molar-refractivity contribution in [2.24, 2.45) is 0 Å². The molecule has 0 saturated carbocycles. The smallest absolute Gasteiger partial charge is 0.548 e. The molecule has 2 aromatic rings. The topological polar surface area (TPSA) is 40.1 Å². The molecule has 0 amide bonds. The molecule has 0 saturated heterocycles. The first-order chi connectivity index (χ1) is 8.63. The molecule has 1 aliphatic heterocycles. The van der Waals surface area contributed by atoms with E-state index in [-0.39, 0.29) is 29.6 Å². The standard InChI is InChI=1S/C15H12O2S.Na/c1-15(14(16)17)12-8-4-2-6-10(12)11-7-3-5-9-13(11)18-15;/h2-9H,1H3,(H,16,17);/q;+1/p-1. The van der Waals surface area contributed by atoms with E-state index in [4.69, 9.17) is 0 Å². The third kappa shape index (κ3) is 2.25. The van der Waals surface area contributed by atoms with Crippen LogP contribution in [0.5, 0.6) is 0 Å². The van der Waals surface area contributed by atoms with Crippen LogP contribution in [0.2, 0.25) is 0 Å². The van der Waals surface area contributed by atoms with Gasteiger partial charge in [0.2, 0.25) is 0 Å². The molecule has 90 valence electrons. The molecule has 1 unspecified atom stereocenters. The molecule has 0 N–H and O–H groups in total. The van der Waals surface area contributed by atoms with Crippen molar-refractivity contribution in [3.63, 3.8) is 0 Å². The Kier molecular flexibility index (Phi) is 4.11. The van der Waals surface area contributed by atoms with Crippen molar-refractivity contribution in [2.75, 3.05) is 0 Å². The third-order valence-electron chi connectivity index (χ3n) is 3.32. The molecule has 1 atom stereocenters. The summed E-state index contributed by atoms with van der Waals surface area (Å²) in [5, 5.41) is 11.5. The Morgan fingerprint density at radius 2 is 1.63 bits per heavy atom. The SMILES string of the molecule is CC1(C(=O)[O-])Sc2ccccc2-c2ccccc21.[Na+]. The molecule has 0 fully saturated rings. The summed E-state index contributed by atoms with van der Waals surface area (Å²) in [6.45, 7) is 1.71. The number of carboxylic acid groups (broad SMARTS) is 1. The second kappa shape index (κ2) is 5.33. The van der Waals surface area contributed by atoms with Crippen molar-refractivity contribution in [1.82, 2.24) is 0 Å². The zero-order valence-electron chi connectivity index (χ0n) is 10.8. The minimum absolute atomic E-state index is 0. The van der Waals surface area contributed by atoms with Crippen LogP contribution in [0.4, 0.5) is 0 Å². The van der Waals surface area contributed by atoms with Crippen LogP contribution in [0.25, 0.3) is 11.1 Å². The summed E-state index contributed by atoms with van der Waals surface area (Å²) < 4.78 is -1.02. The first kappa shape index (κ1) is 14.7. The quantitative estimate of drug-likeness (QED) is 0.656. The first-order valence-corrected chi connectivity index (χ1v) is 6.54. The predicted molar refractivity (Wildman–Crippen MR) is 70.1 cm³/mol. The molecule has 1 aliphatic rings. The summed E-state index contributed by atoms with van der Waals surface area (Å²) in [5.41, 5.74) is 2.89. The zero-order valence-corrected chi connectivity index (χ0v) is 13.7. The minimum Gasteiger partial charge on any atom is -0.548 e. The van der Waals surface area contributed by atoms with E-state index in [0.29, 0.717) is 0 Å². The van der Waals surface area contributed by atoms with Gasteiger partial charge in [-0.1, -0.05) is 42.5 Å². The van der Waals surface area contributed by atoms with Gasteiger partial charge in [-0.3, -0.25) is 0 Å². The normalized spacial score (nSPS) is 19.8. The summed E-state index contributed by atoms with van der Waals surface area (Å²) in [7, 11) is 0. The van der Waals surface area contributed by atoms with E-state index < -0.39 is 10.7 Å². The molecule has 0 aromatic heterocycles. The van der Waals surface area contributed by atoms with Crippen molar-refractivity contribution in [3.8, 4) is 11.1 Å². The number of thioether (sulfide) groups is 1. The van der Waals surface area contributed by atoms with Gasteiger partial charge < -0.3 is 9.90 Å². The predicted octanol–water partition coefficient (Wildman–Crippen LogP) is -0.572. The van der Waals surface area contributed by atoms with E-state index in [1.807, 2.05) is 48.5 Å². The molecule has 3 rings (SSSR count). The number of hydrogen-bond acceptors (Lipinski definition) is 3. The number of carbonyl (C=O) groups excluding carboxylic acids is 1. The number of carbonyl (C=O) groups is 1. The summed E-state index contributed by atoms with van der Waals surface area (Å²) in [4.78, 5) is 12.5. The molecule has 19 heavy (non-hydrogen) atoms. The van der Waals surface area contributed by atoms with Crippen molar-refractivity contribution in [2.45, 2.75) is 16.6 Å². The van der Waals surface area contributed by atoms with E-state index in [9.17, 15) is 9.90 Å². The second-order valence-electron chi connectivity index (χ2n) is 4.46. The third-order valence-corrected chi connectivity index (χ3v) is 4.69. The summed E-state index contributed by atoms with van der Waals surface area (Å²) in [6, 6.07) is 15.5. The van der Waals surface area contributed by atoms with Crippen LogP contribution in [0.3, 0.4) is 0 Å². The van der Waals surface area contributed by atoms with E-state index >= 15 is 0 Å². The Balaban J connectivity index is 0.00000133. The Morgan fingerprint density at radius 3 is 2.32 bits per heavy atom. The maximum Gasteiger partial charge on any atom is 1.00 e. The van der Waals surface area contributed by atoms with Crippen LogP contribution < -0.4 is 34.7 Å². The molecule has 0 spiro atoms. The number of rotatable bonds is 1. The van der Waals surface area contributed by atoms with Gasteiger partial charge in [-0.05, 0) is 29.7 Å². The van der Waals surface area contributed by atoms with Gasteiger partial charge in [0, 0.05) is 4.90 Å². The zero-order chi connectivity index (χ0) is 12.8. The number of benzene rings is 2. The van der Waals surface area contributed by atoms with Crippen LogP contribution in [-0.4, -0.2) is 5.97 Å². The molecule has 0 aliphatic carbocycles. The number of carboxylic acids is 1. The summed E-state index contributed by atoms with van der Waals surface area (Å²) in [5.74, 6) is -1.05. The van der Waals surface area contributed by atoms with Crippen LogP contribution in [-0.2, 0) is 9.54 Å². The largest absolute Gasteiger partial charge is 1.00 e. The van der Waals surface area contributed by atoms with Crippen molar-refractivity contribution in [1.29, 1.82) is 0 Å². The first-order valence-electron chi connectivity index (χ1n) is 5.72. The van der Waals surface area contributed by atoms with Crippen molar-refractivity contribution >= 4 is 17.7 Å². The molecule has 1 heterocycles. The fourth-order valence-corrected chi connectivity index (χ4v) is 3.58. The molecule has 2 nitrogen and oxygen atoms in total. The van der Waals surface area contributed by atoms with Crippen LogP contribution in [0.1, 0.15) is 12.5 Å². The van der Waals surface area contributed by atoms with Gasteiger partial charge >= 0.3 is 29.6 Å². The number of aliphatic carboxylic acids is 1. The molecular weight excluding hydrogens is 267 g/mol. The van der Waals surface area contributed by atoms with Crippen LogP contribution >= 0.6 is 11.8 Å². The van der Waals surface area contributed by atoms with Gasteiger partial charge in [0.05, 0.1) is 10.7 Å². The molecule has 0 radical (unpaired) electrons. The van der Waals surface area contributed by atoms with Crippen LogP contribution in [0.15, 0.2) is 53.4 Å². The Hall–Kier alpha value is -0.740. The average molecular weight is 278 g/mol. The Labute approximate surface area is 138 Å². The Bertz CT molecular complexity index is 642. The van der Waals surface area contributed by atoms with Gasteiger partial charge in [-0.15, -0.1) is 11.8 Å². The van der Waals surface area contributed by atoms with Gasteiger partial charge in [0.1, 0.15) is 0 Å². The summed E-state index contributed by atoms with van der Waals surface area (Å²) in [6.07, 6.45) is 0. The van der Waals surface area contributed by atoms with E-state index in [1.54, 1.807) is 6.92 Å². The maximum absolute atomic E-state index is 11.5. The average Bonchev–Trinajstić information content (AvgIpc) is 2.39. The summed E-state index contributed by atoms with van der Waals surface area (Å²) >= 11 is 1.35.